The van der Waals surface area contributed by atoms with Crippen molar-refractivity contribution in [2.75, 3.05) is 11.9 Å². The summed E-state index contributed by atoms with van der Waals surface area (Å²) in [7, 11) is 0. The number of hydrogen-bond donors (Lipinski definition) is 2. The van der Waals surface area contributed by atoms with Gasteiger partial charge in [-0.15, -0.1) is 0 Å². The molecule has 2 N–H and O–H groups in total. The Morgan fingerprint density at radius 2 is 2.30 bits per heavy atom. The summed E-state index contributed by atoms with van der Waals surface area (Å²) < 4.78 is 13.6. The van der Waals surface area contributed by atoms with E-state index in [1.807, 2.05) is 6.07 Å². The fourth-order valence-electron chi connectivity index (χ4n) is 2.06. The zero-order valence-electron chi connectivity index (χ0n) is 11.0. The largest absolute Gasteiger partial charge is 0.355 e. The fraction of sp³-hybridized carbons (Fsp3) is 0.357. The number of halogens is 1. The molecule has 1 aromatic carbocycles. The van der Waals surface area contributed by atoms with Gasteiger partial charge < -0.3 is 10.6 Å². The number of piperidine rings is 1. The first kappa shape index (κ1) is 14.0. The predicted octanol–water partition coefficient (Wildman–Crippen LogP) is 1.47. The molecule has 2 amide bonds. The minimum absolute atomic E-state index is 0.0669. The van der Waals surface area contributed by atoms with E-state index in [4.69, 9.17) is 5.26 Å². The lowest BCUT2D eigenvalue weighted by Gasteiger charge is -2.22. The van der Waals surface area contributed by atoms with Gasteiger partial charge in [0.1, 0.15) is 5.82 Å². The standard InChI is InChI=1S/C14H14FN3O2/c1-8-11(15)4-9(6-16)5-12(8)18-14(20)10-2-3-13(19)17-7-10/h4-5,10H,2-3,7H2,1H3,(H,17,19)(H,18,20). The van der Waals surface area contributed by atoms with Crippen molar-refractivity contribution in [3.63, 3.8) is 0 Å². The molecule has 0 saturated carbocycles. The van der Waals surface area contributed by atoms with E-state index in [9.17, 15) is 14.0 Å². The average Bonchev–Trinajstić information content (AvgIpc) is 2.44. The van der Waals surface area contributed by atoms with Crippen LogP contribution in [0.15, 0.2) is 12.1 Å². The van der Waals surface area contributed by atoms with Crippen molar-refractivity contribution < 1.29 is 14.0 Å². The SMILES string of the molecule is Cc1c(F)cc(C#N)cc1NC(=O)C1CCC(=O)NC1. The summed E-state index contributed by atoms with van der Waals surface area (Å²) in [5.41, 5.74) is 0.737. The Labute approximate surface area is 115 Å². The molecule has 0 bridgehead atoms. The van der Waals surface area contributed by atoms with Crippen molar-refractivity contribution in [2.45, 2.75) is 19.8 Å². The molecular weight excluding hydrogens is 261 g/mol. The summed E-state index contributed by atoms with van der Waals surface area (Å²) in [5.74, 6) is -1.21. The molecule has 1 atom stereocenters. The number of nitrogens with zero attached hydrogens (tertiary/aromatic N) is 1. The van der Waals surface area contributed by atoms with Gasteiger partial charge in [0.05, 0.1) is 17.6 Å². The van der Waals surface area contributed by atoms with Crippen LogP contribution in [-0.4, -0.2) is 18.4 Å². The molecule has 0 radical (unpaired) electrons. The van der Waals surface area contributed by atoms with Gasteiger partial charge in [0.15, 0.2) is 0 Å². The van der Waals surface area contributed by atoms with Crippen LogP contribution in [0.2, 0.25) is 0 Å². The predicted molar refractivity (Wildman–Crippen MR) is 70.2 cm³/mol. The third-order valence-electron chi connectivity index (χ3n) is 3.37. The van der Waals surface area contributed by atoms with Gasteiger partial charge in [0, 0.05) is 24.2 Å². The van der Waals surface area contributed by atoms with E-state index in [2.05, 4.69) is 10.6 Å². The highest BCUT2D eigenvalue weighted by Crippen LogP contribution is 2.22. The lowest BCUT2D eigenvalue weighted by molar-refractivity contribution is -0.126. The normalized spacial score (nSPS) is 18.1. The smallest absolute Gasteiger partial charge is 0.229 e. The summed E-state index contributed by atoms with van der Waals surface area (Å²) in [6.45, 7) is 1.82. The highest BCUT2D eigenvalue weighted by Gasteiger charge is 2.25. The third-order valence-corrected chi connectivity index (χ3v) is 3.37. The molecule has 1 aromatic rings. The van der Waals surface area contributed by atoms with E-state index in [1.54, 1.807) is 0 Å². The van der Waals surface area contributed by atoms with Crippen molar-refractivity contribution in [1.82, 2.24) is 5.32 Å². The maximum Gasteiger partial charge on any atom is 0.229 e. The molecule has 2 rings (SSSR count). The number of hydrogen-bond acceptors (Lipinski definition) is 3. The maximum absolute atomic E-state index is 13.6. The van der Waals surface area contributed by atoms with Crippen LogP contribution in [0.4, 0.5) is 10.1 Å². The summed E-state index contributed by atoms with van der Waals surface area (Å²) in [4.78, 5) is 23.1. The molecule has 5 nitrogen and oxygen atoms in total. The molecular formula is C14H14FN3O2. The van der Waals surface area contributed by atoms with Crippen LogP contribution in [0.25, 0.3) is 0 Å². The van der Waals surface area contributed by atoms with Crippen molar-refractivity contribution in [3.8, 4) is 6.07 Å². The van der Waals surface area contributed by atoms with Gasteiger partial charge in [-0.3, -0.25) is 9.59 Å². The Hall–Kier alpha value is -2.42. The summed E-state index contributed by atoms with van der Waals surface area (Å²) >= 11 is 0. The van der Waals surface area contributed by atoms with Gasteiger partial charge >= 0.3 is 0 Å². The van der Waals surface area contributed by atoms with Crippen molar-refractivity contribution >= 4 is 17.5 Å². The van der Waals surface area contributed by atoms with E-state index < -0.39 is 5.82 Å². The monoisotopic (exact) mass is 275 g/mol. The number of nitrogens with one attached hydrogen (secondary N) is 2. The van der Waals surface area contributed by atoms with Crippen molar-refractivity contribution in [3.05, 3.63) is 29.1 Å². The van der Waals surface area contributed by atoms with Crippen LogP contribution < -0.4 is 10.6 Å². The first-order valence-corrected chi connectivity index (χ1v) is 6.29. The van der Waals surface area contributed by atoms with Crippen LogP contribution in [-0.2, 0) is 9.59 Å². The van der Waals surface area contributed by atoms with Crippen LogP contribution in [0, 0.1) is 30.0 Å². The molecule has 1 fully saturated rings. The van der Waals surface area contributed by atoms with Crippen LogP contribution in [0.5, 0.6) is 0 Å². The third kappa shape index (κ3) is 2.94. The van der Waals surface area contributed by atoms with Gasteiger partial charge in [0.25, 0.3) is 0 Å². The second-order valence-corrected chi connectivity index (χ2v) is 4.77. The first-order chi connectivity index (χ1) is 9.51. The van der Waals surface area contributed by atoms with Crippen LogP contribution in [0.1, 0.15) is 24.0 Å². The molecule has 0 spiro atoms. The Balaban J connectivity index is 2.14. The van der Waals surface area contributed by atoms with Crippen LogP contribution in [0.3, 0.4) is 0 Å². The fourth-order valence-corrected chi connectivity index (χ4v) is 2.06. The summed E-state index contributed by atoms with van der Waals surface area (Å²) in [6.07, 6.45) is 0.779. The number of nitriles is 1. The molecule has 1 unspecified atom stereocenters. The topological polar surface area (TPSA) is 82.0 Å². The minimum Gasteiger partial charge on any atom is -0.355 e. The maximum atomic E-state index is 13.6. The van der Waals surface area contributed by atoms with E-state index in [0.717, 1.165) is 6.07 Å². The number of anilines is 1. The lowest BCUT2D eigenvalue weighted by Crippen LogP contribution is -2.40. The molecule has 20 heavy (non-hydrogen) atoms. The first-order valence-electron chi connectivity index (χ1n) is 6.29. The molecule has 1 saturated heterocycles. The van der Waals surface area contributed by atoms with Gasteiger partial charge in [0.2, 0.25) is 11.8 Å². The molecule has 0 aliphatic carbocycles. The van der Waals surface area contributed by atoms with E-state index in [1.165, 1.54) is 13.0 Å². The van der Waals surface area contributed by atoms with Gasteiger partial charge in [-0.1, -0.05) is 0 Å². The molecule has 104 valence electrons. The van der Waals surface area contributed by atoms with Gasteiger partial charge in [-0.05, 0) is 25.5 Å². The Morgan fingerprint density at radius 1 is 1.55 bits per heavy atom. The zero-order valence-corrected chi connectivity index (χ0v) is 11.0. The Morgan fingerprint density at radius 3 is 2.90 bits per heavy atom. The number of carbonyl (C=O) groups is 2. The number of amides is 2. The van der Waals surface area contributed by atoms with Crippen molar-refractivity contribution in [2.24, 2.45) is 5.92 Å². The quantitative estimate of drug-likeness (QED) is 0.857. The molecule has 6 heteroatoms. The molecule has 1 heterocycles. The minimum atomic E-state index is -0.531. The Kier molecular flexibility index (Phi) is 3.99. The zero-order chi connectivity index (χ0) is 14.7. The van der Waals surface area contributed by atoms with E-state index in [-0.39, 0.29) is 35.4 Å². The van der Waals surface area contributed by atoms with Gasteiger partial charge in [-0.2, -0.15) is 5.26 Å². The van der Waals surface area contributed by atoms with Gasteiger partial charge in [-0.25, -0.2) is 4.39 Å². The highest BCUT2D eigenvalue weighted by molar-refractivity contribution is 5.94. The summed E-state index contributed by atoms with van der Waals surface area (Å²) in [6, 6.07) is 4.42. The van der Waals surface area contributed by atoms with E-state index in [0.29, 0.717) is 18.5 Å². The average molecular weight is 275 g/mol. The molecule has 0 aromatic heterocycles. The Bertz CT molecular complexity index is 597. The van der Waals surface area contributed by atoms with Crippen molar-refractivity contribution in [1.29, 1.82) is 5.26 Å². The number of rotatable bonds is 2. The second kappa shape index (κ2) is 5.70. The lowest BCUT2D eigenvalue weighted by atomic mass is 9.98. The molecule has 1 aliphatic rings. The summed E-state index contributed by atoms with van der Waals surface area (Å²) in [5, 5.41) is 14.1. The molecule has 1 aliphatic heterocycles. The number of carbonyl (C=O) groups excluding carboxylic acids is 2. The number of benzene rings is 1. The second-order valence-electron chi connectivity index (χ2n) is 4.77. The van der Waals surface area contributed by atoms with E-state index >= 15 is 0 Å². The van der Waals surface area contributed by atoms with Crippen LogP contribution >= 0.6 is 0 Å². The highest BCUT2D eigenvalue weighted by atomic mass is 19.1.